The summed E-state index contributed by atoms with van der Waals surface area (Å²) in [4.78, 5) is 4.43. The fraction of sp³-hybridized carbons (Fsp3) is 0.167. The lowest BCUT2D eigenvalue weighted by Crippen LogP contribution is -1.99. The standard InChI is InChI=1S/C18H17NO2S/c1-14-7-9-16(10-8-14)18-19-17(11-21-18)13-22(20)12-15-5-3-2-4-6-15/h2-11H,12-13H2,1H3. The zero-order chi connectivity index (χ0) is 15.4. The first-order valence-corrected chi connectivity index (χ1v) is 8.60. The van der Waals surface area contributed by atoms with E-state index in [2.05, 4.69) is 4.98 Å². The number of aromatic nitrogens is 1. The molecular formula is C18H17NO2S. The lowest BCUT2D eigenvalue weighted by molar-refractivity contribution is 0.573. The molecule has 0 fully saturated rings. The van der Waals surface area contributed by atoms with Crippen LogP contribution in [0.15, 0.2) is 65.3 Å². The van der Waals surface area contributed by atoms with Crippen molar-refractivity contribution in [3.05, 3.63) is 77.7 Å². The van der Waals surface area contributed by atoms with Crippen molar-refractivity contribution >= 4 is 10.8 Å². The minimum Gasteiger partial charge on any atom is -0.444 e. The first kappa shape index (κ1) is 14.7. The molecule has 0 N–H and O–H groups in total. The molecule has 0 saturated heterocycles. The molecule has 1 aromatic heterocycles. The average molecular weight is 311 g/mol. The van der Waals surface area contributed by atoms with Crippen LogP contribution >= 0.6 is 0 Å². The van der Waals surface area contributed by atoms with Crippen LogP contribution in [0.1, 0.15) is 16.8 Å². The Bertz CT molecular complexity index is 763. The Morgan fingerprint density at radius 3 is 2.45 bits per heavy atom. The van der Waals surface area contributed by atoms with Crippen molar-refractivity contribution in [2.24, 2.45) is 0 Å². The summed E-state index contributed by atoms with van der Waals surface area (Å²) in [6.45, 7) is 2.04. The van der Waals surface area contributed by atoms with Crippen molar-refractivity contribution in [3.63, 3.8) is 0 Å². The molecule has 4 heteroatoms. The van der Waals surface area contributed by atoms with Gasteiger partial charge in [-0.25, -0.2) is 4.98 Å². The molecule has 0 radical (unpaired) electrons. The molecule has 112 valence electrons. The van der Waals surface area contributed by atoms with E-state index in [1.165, 1.54) is 5.56 Å². The van der Waals surface area contributed by atoms with Gasteiger partial charge in [0.1, 0.15) is 6.26 Å². The van der Waals surface area contributed by atoms with Crippen molar-refractivity contribution in [3.8, 4) is 11.5 Å². The van der Waals surface area contributed by atoms with Gasteiger partial charge < -0.3 is 4.42 Å². The fourth-order valence-corrected chi connectivity index (χ4v) is 3.31. The summed E-state index contributed by atoms with van der Waals surface area (Å²) in [6.07, 6.45) is 1.60. The van der Waals surface area contributed by atoms with E-state index in [1.54, 1.807) is 6.26 Å². The number of hydrogen-bond acceptors (Lipinski definition) is 3. The second-order valence-electron chi connectivity index (χ2n) is 5.22. The van der Waals surface area contributed by atoms with E-state index in [0.717, 1.165) is 16.8 Å². The predicted octanol–water partition coefficient (Wildman–Crippen LogP) is 4.10. The Labute approximate surface area is 132 Å². The van der Waals surface area contributed by atoms with Gasteiger partial charge in [-0.05, 0) is 24.6 Å². The van der Waals surface area contributed by atoms with Crippen molar-refractivity contribution in [1.82, 2.24) is 4.98 Å². The molecule has 0 spiro atoms. The second-order valence-corrected chi connectivity index (χ2v) is 6.68. The molecule has 0 amide bonds. The molecule has 0 saturated carbocycles. The van der Waals surface area contributed by atoms with Gasteiger partial charge in [0, 0.05) is 22.1 Å². The smallest absolute Gasteiger partial charge is 0.226 e. The minimum absolute atomic E-state index is 0.407. The molecule has 1 atom stereocenters. The third-order valence-corrected chi connectivity index (χ3v) is 4.60. The minimum atomic E-state index is -0.991. The van der Waals surface area contributed by atoms with E-state index < -0.39 is 10.8 Å². The summed E-state index contributed by atoms with van der Waals surface area (Å²) in [7, 11) is -0.991. The van der Waals surface area contributed by atoms with Gasteiger partial charge in [0.25, 0.3) is 0 Å². The Kier molecular flexibility index (Phi) is 4.49. The summed E-state index contributed by atoms with van der Waals surface area (Å²) >= 11 is 0. The van der Waals surface area contributed by atoms with Crippen LogP contribution in [0.4, 0.5) is 0 Å². The largest absolute Gasteiger partial charge is 0.444 e. The number of oxazole rings is 1. The van der Waals surface area contributed by atoms with Crippen LogP contribution in [-0.4, -0.2) is 9.19 Å². The van der Waals surface area contributed by atoms with Gasteiger partial charge in [0.05, 0.1) is 11.4 Å². The molecule has 0 aliphatic heterocycles. The normalized spacial score (nSPS) is 12.2. The Balaban J connectivity index is 1.66. The van der Waals surface area contributed by atoms with E-state index in [0.29, 0.717) is 17.4 Å². The Hall–Kier alpha value is -2.20. The highest BCUT2D eigenvalue weighted by Gasteiger charge is 2.10. The summed E-state index contributed by atoms with van der Waals surface area (Å²) in [6, 6.07) is 17.8. The van der Waals surface area contributed by atoms with E-state index in [-0.39, 0.29) is 0 Å². The maximum atomic E-state index is 12.2. The highest BCUT2D eigenvalue weighted by Crippen LogP contribution is 2.20. The monoisotopic (exact) mass is 311 g/mol. The van der Waals surface area contributed by atoms with Crippen molar-refractivity contribution in [1.29, 1.82) is 0 Å². The molecular weight excluding hydrogens is 294 g/mol. The van der Waals surface area contributed by atoms with E-state index in [4.69, 9.17) is 4.42 Å². The van der Waals surface area contributed by atoms with Gasteiger partial charge in [0.15, 0.2) is 0 Å². The highest BCUT2D eigenvalue weighted by atomic mass is 32.2. The highest BCUT2D eigenvalue weighted by molar-refractivity contribution is 7.83. The van der Waals surface area contributed by atoms with Gasteiger partial charge in [-0.15, -0.1) is 0 Å². The molecule has 3 aromatic rings. The van der Waals surface area contributed by atoms with Crippen LogP contribution in [-0.2, 0) is 22.3 Å². The molecule has 3 rings (SSSR count). The summed E-state index contributed by atoms with van der Waals surface area (Å²) in [5, 5.41) is 0. The third kappa shape index (κ3) is 3.71. The third-order valence-electron chi connectivity index (χ3n) is 3.33. The number of hydrogen-bond donors (Lipinski definition) is 0. The van der Waals surface area contributed by atoms with Crippen molar-refractivity contribution in [2.45, 2.75) is 18.4 Å². The Morgan fingerprint density at radius 1 is 1.00 bits per heavy atom. The lowest BCUT2D eigenvalue weighted by atomic mass is 10.1. The first-order valence-electron chi connectivity index (χ1n) is 7.11. The van der Waals surface area contributed by atoms with Gasteiger partial charge in [0.2, 0.25) is 5.89 Å². The zero-order valence-electron chi connectivity index (χ0n) is 12.4. The number of rotatable bonds is 5. The fourth-order valence-electron chi connectivity index (χ4n) is 2.18. The lowest BCUT2D eigenvalue weighted by Gasteiger charge is -2.00. The van der Waals surface area contributed by atoms with Gasteiger partial charge in [-0.2, -0.15) is 0 Å². The van der Waals surface area contributed by atoms with Crippen LogP contribution in [0, 0.1) is 6.92 Å². The summed E-state index contributed by atoms with van der Waals surface area (Å²) in [5.74, 6) is 1.52. The molecule has 0 bridgehead atoms. The maximum absolute atomic E-state index is 12.2. The van der Waals surface area contributed by atoms with Crippen LogP contribution < -0.4 is 0 Å². The van der Waals surface area contributed by atoms with E-state index >= 15 is 0 Å². The van der Waals surface area contributed by atoms with Crippen molar-refractivity contribution < 1.29 is 8.63 Å². The predicted molar refractivity (Wildman–Crippen MR) is 88.7 cm³/mol. The first-order chi connectivity index (χ1) is 10.7. The molecule has 0 aliphatic carbocycles. The number of aryl methyl sites for hydroxylation is 1. The van der Waals surface area contributed by atoms with Crippen LogP contribution in [0.2, 0.25) is 0 Å². The molecule has 0 aliphatic rings. The van der Waals surface area contributed by atoms with Crippen LogP contribution in [0.5, 0.6) is 0 Å². The van der Waals surface area contributed by atoms with Crippen LogP contribution in [0.3, 0.4) is 0 Å². The topological polar surface area (TPSA) is 43.1 Å². The second kappa shape index (κ2) is 6.71. The summed E-state index contributed by atoms with van der Waals surface area (Å²) in [5.41, 5.74) is 3.93. The van der Waals surface area contributed by atoms with Gasteiger partial charge in [-0.3, -0.25) is 4.21 Å². The molecule has 1 heterocycles. The van der Waals surface area contributed by atoms with Gasteiger partial charge >= 0.3 is 0 Å². The molecule has 3 nitrogen and oxygen atoms in total. The molecule has 22 heavy (non-hydrogen) atoms. The Morgan fingerprint density at radius 2 is 1.73 bits per heavy atom. The average Bonchev–Trinajstić information content (AvgIpc) is 2.97. The molecule has 1 unspecified atom stereocenters. The SMILES string of the molecule is Cc1ccc(-c2nc(CS(=O)Cc3ccccc3)co2)cc1. The van der Waals surface area contributed by atoms with E-state index in [9.17, 15) is 4.21 Å². The molecule has 2 aromatic carbocycles. The maximum Gasteiger partial charge on any atom is 0.226 e. The van der Waals surface area contributed by atoms with Gasteiger partial charge in [-0.1, -0.05) is 48.0 Å². The van der Waals surface area contributed by atoms with Crippen LogP contribution in [0.25, 0.3) is 11.5 Å². The number of nitrogens with zero attached hydrogens (tertiary/aromatic N) is 1. The quantitative estimate of drug-likeness (QED) is 0.712. The van der Waals surface area contributed by atoms with Crippen molar-refractivity contribution in [2.75, 3.05) is 0 Å². The van der Waals surface area contributed by atoms with E-state index in [1.807, 2.05) is 61.5 Å². The summed E-state index contributed by atoms with van der Waals surface area (Å²) < 4.78 is 17.7. The number of benzene rings is 2. The zero-order valence-corrected chi connectivity index (χ0v) is 13.2.